The van der Waals surface area contributed by atoms with E-state index >= 15 is 0 Å². The fourth-order valence-electron chi connectivity index (χ4n) is 2.10. The third kappa shape index (κ3) is 3.95. The van der Waals surface area contributed by atoms with E-state index < -0.39 is 0 Å². The van der Waals surface area contributed by atoms with Crippen LogP contribution in [0.2, 0.25) is 0 Å². The van der Waals surface area contributed by atoms with Gasteiger partial charge in [0.25, 0.3) is 11.1 Å². The zero-order valence-electron chi connectivity index (χ0n) is 12.6. The normalized spacial score (nSPS) is 16.2. The Morgan fingerprint density at radius 1 is 1.29 bits per heavy atom. The SMILES string of the molecule is O=C(CCN1C(=O)S/C(=C\c2cccs2)C1=O)NCc1ccco1. The molecular formula is C16H14N2O4S2. The van der Waals surface area contributed by atoms with E-state index in [9.17, 15) is 14.4 Å². The summed E-state index contributed by atoms with van der Waals surface area (Å²) in [5.41, 5.74) is 0. The van der Waals surface area contributed by atoms with Crippen molar-refractivity contribution >= 4 is 46.2 Å². The summed E-state index contributed by atoms with van der Waals surface area (Å²) in [6, 6.07) is 7.25. The first kappa shape index (κ1) is 16.5. The number of nitrogens with zero attached hydrogens (tertiary/aromatic N) is 1. The number of imide groups is 1. The Morgan fingerprint density at radius 3 is 2.88 bits per heavy atom. The van der Waals surface area contributed by atoms with Gasteiger partial charge < -0.3 is 9.73 Å². The Labute approximate surface area is 146 Å². The third-order valence-electron chi connectivity index (χ3n) is 3.29. The molecule has 1 aliphatic rings. The molecule has 0 aromatic carbocycles. The average molecular weight is 362 g/mol. The van der Waals surface area contributed by atoms with Crippen LogP contribution in [0.25, 0.3) is 6.08 Å². The summed E-state index contributed by atoms with van der Waals surface area (Å²) in [7, 11) is 0. The largest absolute Gasteiger partial charge is 0.467 e. The smallest absolute Gasteiger partial charge is 0.293 e. The van der Waals surface area contributed by atoms with E-state index in [0.29, 0.717) is 10.7 Å². The van der Waals surface area contributed by atoms with E-state index in [1.54, 1.807) is 18.2 Å². The van der Waals surface area contributed by atoms with E-state index in [4.69, 9.17) is 4.42 Å². The van der Waals surface area contributed by atoms with E-state index in [1.807, 2.05) is 17.5 Å². The molecule has 1 fully saturated rings. The minimum atomic E-state index is -0.350. The predicted molar refractivity (Wildman–Crippen MR) is 92.2 cm³/mol. The van der Waals surface area contributed by atoms with Crippen LogP contribution in [0.1, 0.15) is 17.1 Å². The van der Waals surface area contributed by atoms with Crippen molar-refractivity contribution in [2.24, 2.45) is 0 Å². The van der Waals surface area contributed by atoms with Crippen molar-refractivity contribution in [1.29, 1.82) is 0 Å². The van der Waals surface area contributed by atoms with Crippen molar-refractivity contribution in [3.8, 4) is 0 Å². The summed E-state index contributed by atoms with van der Waals surface area (Å²) in [6.45, 7) is 0.350. The third-order valence-corrected chi connectivity index (χ3v) is 5.02. The minimum Gasteiger partial charge on any atom is -0.467 e. The van der Waals surface area contributed by atoms with Crippen molar-refractivity contribution in [1.82, 2.24) is 10.2 Å². The van der Waals surface area contributed by atoms with Gasteiger partial charge in [-0.1, -0.05) is 6.07 Å². The van der Waals surface area contributed by atoms with Gasteiger partial charge in [-0.25, -0.2) is 0 Å². The van der Waals surface area contributed by atoms with Gasteiger partial charge in [0.1, 0.15) is 5.76 Å². The molecule has 0 radical (unpaired) electrons. The molecule has 0 atom stereocenters. The van der Waals surface area contributed by atoms with Crippen LogP contribution in [0.15, 0.2) is 45.2 Å². The Morgan fingerprint density at radius 2 is 2.17 bits per heavy atom. The molecule has 2 aromatic heterocycles. The first-order valence-corrected chi connectivity index (χ1v) is 8.91. The van der Waals surface area contributed by atoms with Crippen molar-refractivity contribution in [2.45, 2.75) is 13.0 Å². The summed E-state index contributed by atoms with van der Waals surface area (Å²) in [6.07, 6.45) is 3.29. The molecule has 1 saturated heterocycles. The molecular weight excluding hydrogens is 348 g/mol. The highest BCUT2D eigenvalue weighted by Gasteiger charge is 2.35. The molecule has 1 N–H and O–H groups in total. The molecule has 24 heavy (non-hydrogen) atoms. The number of nitrogens with one attached hydrogen (secondary N) is 1. The lowest BCUT2D eigenvalue weighted by molar-refractivity contribution is -0.124. The number of hydrogen-bond acceptors (Lipinski definition) is 6. The lowest BCUT2D eigenvalue weighted by Gasteiger charge is -2.11. The maximum atomic E-state index is 12.3. The number of rotatable bonds is 6. The van der Waals surface area contributed by atoms with Crippen LogP contribution in [0, 0.1) is 0 Å². The molecule has 3 amide bonds. The van der Waals surface area contributed by atoms with Gasteiger partial charge in [0.05, 0.1) is 17.7 Å². The molecule has 0 saturated carbocycles. The quantitative estimate of drug-likeness (QED) is 0.799. The second kappa shape index (κ2) is 7.50. The Kier molecular flexibility index (Phi) is 5.17. The van der Waals surface area contributed by atoms with Crippen LogP contribution in [0.3, 0.4) is 0 Å². The molecule has 6 nitrogen and oxygen atoms in total. The number of thiophene rings is 1. The monoisotopic (exact) mass is 362 g/mol. The molecule has 8 heteroatoms. The van der Waals surface area contributed by atoms with Crippen LogP contribution >= 0.6 is 23.1 Å². The van der Waals surface area contributed by atoms with E-state index in [1.165, 1.54) is 17.6 Å². The second-order valence-corrected chi connectivity index (χ2v) is 6.93. The van der Waals surface area contributed by atoms with Crippen LogP contribution in [0.4, 0.5) is 4.79 Å². The van der Waals surface area contributed by atoms with Gasteiger partial charge in [0, 0.05) is 17.8 Å². The molecule has 0 aliphatic carbocycles. The average Bonchev–Trinajstić information content (AvgIpc) is 3.29. The minimum absolute atomic E-state index is 0.0605. The number of amides is 3. The lowest BCUT2D eigenvalue weighted by atomic mass is 10.3. The van der Waals surface area contributed by atoms with Crippen LogP contribution in [-0.4, -0.2) is 28.5 Å². The van der Waals surface area contributed by atoms with Crippen molar-refractivity contribution in [2.75, 3.05) is 6.54 Å². The van der Waals surface area contributed by atoms with Crippen LogP contribution in [-0.2, 0) is 16.1 Å². The summed E-state index contributed by atoms with van der Waals surface area (Å²) >= 11 is 2.39. The van der Waals surface area contributed by atoms with E-state index in [-0.39, 0.29) is 36.6 Å². The lowest BCUT2D eigenvalue weighted by Crippen LogP contribution is -2.33. The van der Waals surface area contributed by atoms with Gasteiger partial charge >= 0.3 is 0 Å². The van der Waals surface area contributed by atoms with Crippen molar-refractivity contribution < 1.29 is 18.8 Å². The fourth-order valence-corrected chi connectivity index (χ4v) is 3.68. The zero-order valence-corrected chi connectivity index (χ0v) is 14.2. The molecule has 124 valence electrons. The molecule has 0 unspecified atom stereocenters. The van der Waals surface area contributed by atoms with Crippen LogP contribution in [0.5, 0.6) is 0 Å². The standard InChI is InChI=1S/C16H14N2O4S2/c19-14(17-10-11-3-1-7-22-11)5-6-18-15(20)13(24-16(18)21)9-12-4-2-8-23-12/h1-4,7-9H,5-6,10H2,(H,17,19)/b13-9-. The summed E-state index contributed by atoms with van der Waals surface area (Å²) < 4.78 is 5.12. The summed E-state index contributed by atoms with van der Waals surface area (Å²) in [5, 5.41) is 4.24. The van der Waals surface area contributed by atoms with E-state index in [0.717, 1.165) is 21.5 Å². The summed E-state index contributed by atoms with van der Waals surface area (Å²) in [5.74, 6) is 0.0540. The van der Waals surface area contributed by atoms with Gasteiger partial charge in [-0.15, -0.1) is 11.3 Å². The maximum Gasteiger partial charge on any atom is 0.293 e. The number of thioether (sulfide) groups is 1. The van der Waals surface area contributed by atoms with E-state index in [2.05, 4.69) is 5.32 Å². The highest BCUT2D eigenvalue weighted by atomic mass is 32.2. The highest BCUT2D eigenvalue weighted by molar-refractivity contribution is 8.18. The van der Waals surface area contributed by atoms with Gasteiger partial charge in [-0.05, 0) is 41.4 Å². The topological polar surface area (TPSA) is 79.6 Å². The van der Waals surface area contributed by atoms with Crippen molar-refractivity contribution in [3.05, 3.63) is 51.5 Å². The second-order valence-electron chi connectivity index (χ2n) is 4.95. The first-order valence-electron chi connectivity index (χ1n) is 7.21. The molecule has 0 spiro atoms. The highest BCUT2D eigenvalue weighted by Crippen LogP contribution is 2.32. The van der Waals surface area contributed by atoms with Gasteiger partial charge in [0.2, 0.25) is 5.91 Å². The Bertz CT molecular complexity index is 766. The fraction of sp³-hybridized carbons (Fsp3) is 0.188. The molecule has 3 heterocycles. The Hall–Kier alpha value is -2.32. The summed E-state index contributed by atoms with van der Waals surface area (Å²) in [4.78, 5) is 38.5. The molecule has 0 bridgehead atoms. The predicted octanol–water partition coefficient (Wildman–Crippen LogP) is 3.08. The number of carbonyl (C=O) groups is 3. The molecule has 1 aliphatic heterocycles. The van der Waals surface area contributed by atoms with Gasteiger partial charge in [-0.2, -0.15) is 0 Å². The maximum absolute atomic E-state index is 12.3. The van der Waals surface area contributed by atoms with Crippen molar-refractivity contribution in [3.63, 3.8) is 0 Å². The van der Waals surface area contributed by atoms with Gasteiger partial charge in [-0.3, -0.25) is 19.3 Å². The number of furan rings is 1. The zero-order chi connectivity index (χ0) is 16.9. The number of carbonyl (C=O) groups excluding carboxylic acids is 3. The molecule has 2 aromatic rings. The van der Waals surface area contributed by atoms with Gasteiger partial charge in [0.15, 0.2) is 0 Å². The first-order chi connectivity index (χ1) is 11.6. The Balaban J connectivity index is 1.52. The molecule has 3 rings (SSSR count). The van der Waals surface area contributed by atoms with Crippen LogP contribution < -0.4 is 5.32 Å². The number of hydrogen-bond donors (Lipinski definition) is 1.